The molecule has 0 saturated carbocycles. The van der Waals surface area contributed by atoms with Gasteiger partial charge < -0.3 is 10.1 Å². The number of aryl methyl sites for hydroxylation is 1. The van der Waals surface area contributed by atoms with E-state index in [2.05, 4.69) is 19.2 Å². The summed E-state index contributed by atoms with van der Waals surface area (Å²) in [7, 11) is 0. The van der Waals surface area contributed by atoms with Crippen LogP contribution in [0.15, 0.2) is 18.2 Å². The second-order valence-electron chi connectivity index (χ2n) is 4.44. The third-order valence-corrected chi connectivity index (χ3v) is 3.15. The maximum atomic E-state index is 13.2. The van der Waals surface area contributed by atoms with Crippen molar-refractivity contribution in [2.24, 2.45) is 0 Å². The summed E-state index contributed by atoms with van der Waals surface area (Å²) in [6, 6.07) is 5.09. The summed E-state index contributed by atoms with van der Waals surface area (Å²) in [6.07, 6.45) is 1.06. The molecule has 0 aliphatic rings. The third-order valence-electron chi connectivity index (χ3n) is 3.15. The predicted octanol–water partition coefficient (Wildman–Crippen LogP) is 3.60. The van der Waals surface area contributed by atoms with Crippen molar-refractivity contribution in [3.8, 4) is 0 Å². The molecule has 0 heterocycles. The minimum atomic E-state index is -0.184. The van der Waals surface area contributed by atoms with Gasteiger partial charge in [-0.2, -0.15) is 0 Å². The van der Waals surface area contributed by atoms with E-state index < -0.39 is 0 Å². The highest BCUT2D eigenvalue weighted by molar-refractivity contribution is 5.30. The number of hydrogen-bond donors (Lipinski definition) is 1. The number of halogens is 1. The van der Waals surface area contributed by atoms with Crippen LogP contribution >= 0.6 is 0 Å². The first kappa shape index (κ1) is 15.1. The number of nitrogens with one attached hydrogen (secondary N) is 1. The Morgan fingerprint density at radius 2 is 2.00 bits per heavy atom. The molecule has 2 nitrogen and oxygen atoms in total. The summed E-state index contributed by atoms with van der Waals surface area (Å²) in [5.74, 6) is -0.184. The van der Waals surface area contributed by atoms with Crippen LogP contribution in [0.1, 0.15) is 44.4 Å². The van der Waals surface area contributed by atoms with Crippen molar-refractivity contribution in [3.05, 3.63) is 35.1 Å². The molecule has 0 aromatic heterocycles. The number of benzene rings is 1. The molecule has 102 valence electrons. The van der Waals surface area contributed by atoms with E-state index in [4.69, 9.17) is 4.74 Å². The molecule has 2 atom stereocenters. The van der Waals surface area contributed by atoms with Crippen LogP contribution in [0, 0.1) is 12.7 Å². The van der Waals surface area contributed by atoms with E-state index in [1.165, 1.54) is 6.07 Å². The molecule has 0 amide bonds. The molecule has 1 aromatic carbocycles. The average molecular weight is 253 g/mol. The predicted molar refractivity (Wildman–Crippen MR) is 73.3 cm³/mol. The van der Waals surface area contributed by atoms with Crippen LogP contribution in [0.25, 0.3) is 0 Å². The van der Waals surface area contributed by atoms with Gasteiger partial charge in [-0.15, -0.1) is 0 Å². The molecular weight excluding hydrogens is 229 g/mol. The highest BCUT2D eigenvalue weighted by Gasteiger charge is 2.22. The van der Waals surface area contributed by atoms with Gasteiger partial charge in [0.1, 0.15) is 5.82 Å². The van der Waals surface area contributed by atoms with Crippen LogP contribution in [0.2, 0.25) is 0 Å². The zero-order valence-electron chi connectivity index (χ0n) is 11.8. The average Bonchev–Trinajstić information content (AvgIpc) is 2.34. The van der Waals surface area contributed by atoms with Crippen LogP contribution in [-0.2, 0) is 4.74 Å². The van der Waals surface area contributed by atoms with E-state index in [0.717, 1.165) is 24.1 Å². The maximum Gasteiger partial charge on any atom is 0.123 e. The molecule has 0 bridgehead atoms. The monoisotopic (exact) mass is 253 g/mol. The summed E-state index contributed by atoms with van der Waals surface area (Å²) in [4.78, 5) is 0. The topological polar surface area (TPSA) is 21.3 Å². The van der Waals surface area contributed by atoms with Gasteiger partial charge in [-0.3, -0.25) is 0 Å². The van der Waals surface area contributed by atoms with Crippen LogP contribution in [0.4, 0.5) is 4.39 Å². The summed E-state index contributed by atoms with van der Waals surface area (Å²) in [5, 5.41) is 3.45. The summed E-state index contributed by atoms with van der Waals surface area (Å²) < 4.78 is 19.0. The Bertz CT molecular complexity index is 368. The minimum Gasteiger partial charge on any atom is -0.377 e. The number of likely N-dealkylation sites (N-methyl/N-ethyl adjacent to an activating group) is 1. The lowest BCUT2D eigenvalue weighted by Gasteiger charge is -2.28. The van der Waals surface area contributed by atoms with Crippen molar-refractivity contribution in [3.63, 3.8) is 0 Å². The maximum absolute atomic E-state index is 13.2. The highest BCUT2D eigenvalue weighted by atomic mass is 19.1. The fourth-order valence-electron chi connectivity index (χ4n) is 2.31. The summed E-state index contributed by atoms with van der Waals surface area (Å²) >= 11 is 0. The third kappa shape index (κ3) is 3.79. The molecule has 1 rings (SSSR count). The van der Waals surface area contributed by atoms with Crippen LogP contribution in [0.3, 0.4) is 0 Å². The molecule has 3 heteroatoms. The number of hydrogen-bond acceptors (Lipinski definition) is 2. The van der Waals surface area contributed by atoms with Crippen LogP contribution in [0.5, 0.6) is 0 Å². The minimum absolute atomic E-state index is 0.124. The van der Waals surface area contributed by atoms with E-state index in [-0.39, 0.29) is 18.0 Å². The lowest BCUT2D eigenvalue weighted by molar-refractivity contribution is 0.0316. The number of rotatable bonds is 7. The van der Waals surface area contributed by atoms with Gasteiger partial charge in [0.25, 0.3) is 0 Å². The van der Waals surface area contributed by atoms with Gasteiger partial charge in [-0.25, -0.2) is 4.39 Å². The highest BCUT2D eigenvalue weighted by Crippen LogP contribution is 2.25. The van der Waals surface area contributed by atoms with Crippen molar-refractivity contribution in [2.45, 2.75) is 46.3 Å². The Labute approximate surface area is 110 Å². The number of ether oxygens (including phenoxy) is 1. The van der Waals surface area contributed by atoms with Crippen LogP contribution < -0.4 is 5.32 Å². The molecule has 2 unspecified atom stereocenters. The Morgan fingerprint density at radius 3 is 2.50 bits per heavy atom. The lowest BCUT2D eigenvalue weighted by Crippen LogP contribution is -2.34. The standard InChI is InChI=1S/C15H24FNO/c1-5-14(18-7-3)15(17-6-2)13-9-8-12(16)10-11(13)4/h8-10,14-15,17H,5-7H2,1-4H3. The van der Waals surface area contributed by atoms with Gasteiger partial charge >= 0.3 is 0 Å². The molecule has 1 aromatic rings. The Hall–Kier alpha value is -0.930. The largest absolute Gasteiger partial charge is 0.377 e. The van der Waals surface area contributed by atoms with Crippen molar-refractivity contribution >= 4 is 0 Å². The van der Waals surface area contributed by atoms with E-state index in [9.17, 15) is 4.39 Å². The lowest BCUT2D eigenvalue weighted by atomic mass is 9.95. The van der Waals surface area contributed by atoms with Crippen LogP contribution in [-0.4, -0.2) is 19.3 Å². The molecule has 1 N–H and O–H groups in total. The van der Waals surface area contributed by atoms with Gasteiger partial charge in [0.05, 0.1) is 12.1 Å². The normalized spacial score (nSPS) is 14.5. The van der Waals surface area contributed by atoms with E-state index in [0.29, 0.717) is 6.61 Å². The zero-order valence-corrected chi connectivity index (χ0v) is 11.8. The van der Waals surface area contributed by atoms with E-state index in [1.807, 2.05) is 19.9 Å². The second-order valence-corrected chi connectivity index (χ2v) is 4.44. The molecule has 0 radical (unpaired) electrons. The zero-order chi connectivity index (χ0) is 13.5. The fourth-order valence-corrected chi connectivity index (χ4v) is 2.31. The quantitative estimate of drug-likeness (QED) is 0.801. The van der Waals surface area contributed by atoms with E-state index >= 15 is 0 Å². The molecular formula is C15H24FNO. The first-order valence-electron chi connectivity index (χ1n) is 6.75. The molecule has 0 aliphatic carbocycles. The van der Waals surface area contributed by atoms with Gasteiger partial charge in [-0.1, -0.05) is 19.9 Å². The van der Waals surface area contributed by atoms with Gasteiger partial charge in [-0.05, 0) is 50.1 Å². The molecule has 0 fully saturated rings. The first-order chi connectivity index (χ1) is 8.63. The molecule has 0 spiro atoms. The Kier molecular flexibility index (Phi) is 6.30. The first-order valence-corrected chi connectivity index (χ1v) is 6.75. The van der Waals surface area contributed by atoms with Gasteiger partial charge in [0.15, 0.2) is 0 Å². The van der Waals surface area contributed by atoms with Crippen molar-refractivity contribution in [1.29, 1.82) is 0 Å². The van der Waals surface area contributed by atoms with Crippen molar-refractivity contribution < 1.29 is 9.13 Å². The summed E-state index contributed by atoms with van der Waals surface area (Å²) in [6.45, 7) is 9.70. The Balaban J connectivity index is 3.01. The molecule has 0 saturated heterocycles. The van der Waals surface area contributed by atoms with Gasteiger partial charge in [0, 0.05) is 6.61 Å². The Morgan fingerprint density at radius 1 is 1.28 bits per heavy atom. The smallest absolute Gasteiger partial charge is 0.123 e. The molecule has 0 aliphatic heterocycles. The van der Waals surface area contributed by atoms with Crippen molar-refractivity contribution in [2.75, 3.05) is 13.2 Å². The second kappa shape index (κ2) is 7.49. The van der Waals surface area contributed by atoms with Crippen molar-refractivity contribution in [1.82, 2.24) is 5.32 Å². The van der Waals surface area contributed by atoms with E-state index in [1.54, 1.807) is 6.07 Å². The fraction of sp³-hybridized carbons (Fsp3) is 0.600. The molecule has 18 heavy (non-hydrogen) atoms. The summed E-state index contributed by atoms with van der Waals surface area (Å²) in [5.41, 5.74) is 2.10. The van der Waals surface area contributed by atoms with Gasteiger partial charge in [0.2, 0.25) is 0 Å². The SMILES string of the molecule is CCNC(c1ccc(F)cc1C)C(CC)OCC.